The fourth-order valence-corrected chi connectivity index (χ4v) is 2.58. The van der Waals surface area contributed by atoms with E-state index in [0.717, 1.165) is 18.7 Å². The second kappa shape index (κ2) is 5.74. The van der Waals surface area contributed by atoms with Crippen LogP contribution in [0.2, 0.25) is 0 Å². The minimum Gasteiger partial charge on any atom is -0.376 e. The van der Waals surface area contributed by atoms with Gasteiger partial charge in [-0.15, -0.1) is 0 Å². The molecule has 104 valence electrons. The lowest BCUT2D eigenvalue weighted by atomic mass is 10.3. The van der Waals surface area contributed by atoms with Crippen molar-refractivity contribution >= 4 is 5.82 Å². The minimum absolute atomic E-state index is 0.0730. The topological polar surface area (TPSA) is 67.0 Å². The van der Waals surface area contributed by atoms with Crippen LogP contribution in [0.3, 0.4) is 0 Å². The summed E-state index contributed by atoms with van der Waals surface area (Å²) in [5.74, 6) is 1.96. The maximum atomic E-state index is 11.5. The van der Waals surface area contributed by atoms with E-state index in [-0.39, 0.29) is 5.56 Å². The second-order valence-electron chi connectivity index (χ2n) is 5.49. The zero-order valence-corrected chi connectivity index (χ0v) is 11.2. The molecule has 1 aromatic heterocycles. The van der Waals surface area contributed by atoms with Crippen LogP contribution in [0.25, 0.3) is 0 Å². The zero-order chi connectivity index (χ0) is 13.1. The van der Waals surface area contributed by atoms with Crippen molar-refractivity contribution in [1.29, 1.82) is 0 Å². The summed E-state index contributed by atoms with van der Waals surface area (Å²) >= 11 is 0. The van der Waals surface area contributed by atoms with Crippen LogP contribution in [-0.4, -0.2) is 29.2 Å². The molecule has 2 N–H and O–H groups in total. The summed E-state index contributed by atoms with van der Waals surface area (Å²) < 4.78 is 5.77. The van der Waals surface area contributed by atoms with Gasteiger partial charge in [0.2, 0.25) is 0 Å². The molecule has 19 heavy (non-hydrogen) atoms. The van der Waals surface area contributed by atoms with Gasteiger partial charge >= 0.3 is 0 Å². The van der Waals surface area contributed by atoms with Gasteiger partial charge in [-0.05, 0) is 25.7 Å². The smallest absolute Gasteiger partial charge is 0.252 e. The van der Waals surface area contributed by atoms with E-state index >= 15 is 0 Å². The summed E-state index contributed by atoms with van der Waals surface area (Å²) in [5.41, 5.74) is -0.0730. The van der Waals surface area contributed by atoms with Crippen molar-refractivity contribution in [3.63, 3.8) is 0 Å². The van der Waals surface area contributed by atoms with Crippen LogP contribution in [0.4, 0.5) is 5.82 Å². The lowest BCUT2D eigenvalue weighted by Crippen LogP contribution is -2.18. The first-order valence-corrected chi connectivity index (χ1v) is 7.28. The summed E-state index contributed by atoms with van der Waals surface area (Å²) in [7, 11) is 0. The maximum Gasteiger partial charge on any atom is 0.252 e. The molecule has 1 aromatic rings. The summed E-state index contributed by atoms with van der Waals surface area (Å²) in [6.45, 7) is 1.38. The third kappa shape index (κ3) is 3.56. The molecular weight excluding hydrogens is 242 g/mol. The predicted molar refractivity (Wildman–Crippen MR) is 73.5 cm³/mol. The Morgan fingerprint density at radius 2 is 2.11 bits per heavy atom. The first-order valence-electron chi connectivity index (χ1n) is 7.28. The molecule has 2 saturated carbocycles. The SMILES string of the molecule is O=c1cc(NCCOC2CCCC2)nc(C2CC2)[nH]1. The largest absolute Gasteiger partial charge is 0.376 e. The Balaban J connectivity index is 1.47. The molecule has 0 bridgehead atoms. The van der Waals surface area contributed by atoms with Gasteiger partial charge in [0.15, 0.2) is 0 Å². The van der Waals surface area contributed by atoms with Gasteiger partial charge in [0.1, 0.15) is 11.6 Å². The highest BCUT2D eigenvalue weighted by Crippen LogP contribution is 2.37. The lowest BCUT2D eigenvalue weighted by Gasteiger charge is -2.12. The highest BCUT2D eigenvalue weighted by atomic mass is 16.5. The molecule has 0 aromatic carbocycles. The molecule has 0 aliphatic heterocycles. The fourth-order valence-electron chi connectivity index (χ4n) is 2.58. The van der Waals surface area contributed by atoms with Gasteiger partial charge in [0.25, 0.3) is 5.56 Å². The molecule has 3 rings (SSSR count). The average molecular weight is 263 g/mol. The van der Waals surface area contributed by atoms with Crippen molar-refractivity contribution in [3.05, 3.63) is 22.2 Å². The Hall–Kier alpha value is -1.36. The van der Waals surface area contributed by atoms with Crippen molar-refractivity contribution in [2.45, 2.75) is 50.5 Å². The van der Waals surface area contributed by atoms with Crippen LogP contribution in [0, 0.1) is 0 Å². The van der Waals surface area contributed by atoms with E-state index in [1.807, 2.05) is 0 Å². The number of ether oxygens (including phenoxy) is 1. The molecule has 0 unspecified atom stereocenters. The highest BCUT2D eigenvalue weighted by Gasteiger charge is 2.26. The summed E-state index contributed by atoms with van der Waals surface area (Å²) in [4.78, 5) is 18.8. The van der Waals surface area contributed by atoms with Gasteiger partial charge in [-0.25, -0.2) is 4.98 Å². The van der Waals surface area contributed by atoms with Crippen molar-refractivity contribution in [1.82, 2.24) is 9.97 Å². The molecule has 0 radical (unpaired) electrons. The second-order valence-corrected chi connectivity index (χ2v) is 5.49. The van der Waals surface area contributed by atoms with Gasteiger partial charge in [0, 0.05) is 18.5 Å². The molecule has 0 amide bonds. The Kier molecular flexibility index (Phi) is 3.82. The van der Waals surface area contributed by atoms with Gasteiger partial charge in [-0.3, -0.25) is 4.79 Å². The Morgan fingerprint density at radius 1 is 1.32 bits per heavy atom. The van der Waals surface area contributed by atoms with Gasteiger partial charge in [0.05, 0.1) is 12.7 Å². The van der Waals surface area contributed by atoms with E-state index in [0.29, 0.717) is 31.0 Å². The summed E-state index contributed by atoms with van der Waals surface area (Å²) in [6, 6.07) is 1.52. The third-order valence-corrected chi connectivity index (χ3v) is 3.79. The summed E-state index contributed by atoms with van der Waals surface area (Å²) in [6.07, 6.45) is 7.67. The van der Waals surface area contributed by atoms with Crippen molar-refractivity contribution in [2.24, 2.45) is 0 Å². The number of aromatic amines is 1. The van der Waals surface area contributed by atoms with Crippen molar-refractivity contribution in [2.75, 3.05) is 18.5 Å². The highest BCUT2D eigenvalue weighted by molar-refractivity contribution is 5.33. The molecule has 2 aliphatic carbocycles. The Morgan fingerprint density at radius 3 is 2.84 bits per heavy atom. The molecule has 5 nitrogen and oxygen atoms in total. The molecule has 0 saturated heterocycles. The lowest BCUT2D eigenvalue weighted by molar-refractivity contribution is 0.0658. The molecule has 2 aliphatic rings. The van der Waals surface area contributed by atoms with Crippen LogP contribution in [-0.2, 0) is 4.74 Å². The number of hydrogen-bond acceptors (Lipinski definition) is 4. The number of nitrogens with zero attached hydrogens (tertiary/aromatic N) is 1. The summed E-state index contributed by atoms with van der Waals surface area (Å²) in [5, 5.41) is 3.18. The number of rotatable bonds is 6. The van der Waals surface area contributed by atoms with Crippen molar-refractivity contribution < 1.29 is 4.74 Å². The third-order valence-electron chi connectivity index (χ3n) is 3.79. The Bertz CT molecular complexity index is 476. The Labute approximate surface area is 112 Å². The zero-order valence-electron chi connectivity index (χ0n) is 11.2. The van der Waals surface area contributed by atoms with Crippen LogP contribution >= 0.6 is 0 Å². The number of hydrogen-bond donors (Lipinski definition) is 2. The molecule has 2 fully saturated rings. The maximum absolute atomic E-state index is 11.5. The predicted octanol–water partition coefficient (Wildman–Crippen LogP) is 2.02. The number of anilines is 1. The molecule has 0 atom stereocenters. The van der Waals surface area contributed by atoms with Crippen molar-refractivity contribution in [3.8, 4) is 0 Å². The average Bonchev–Trinajstić information content (AvgIpc) is 3.12. The number of aromatic nitrogens is 2. The molecule has 0 spiro atoms. The van der Waals surface area contributed by atoms with E-state index in [1.54, 1.807) is 0 Å². The first kappa shape index (κ1) is 12.7. The van der Waals surface area contributed by atoms with Crippen LogP contribution in [0.15, 0.2) is 10.9 Å². The number of H-pyrrole nitrogens is 1. The molecule has 5 heteroatoms. The minimum atomic E-state index is -0.0730. The fraction of sp³-hybridized carbons (Fsp3) is 0.714. The quantitative estimate of drug-likeness (QED) is 0.771. The van der Waals surface area contributed by atoms with Gasteiger partial charge < -0.3 is 15.0 Å². The molecule has 1 heterocycles. The van der Waals surface area contributed by atoms with E-state index in [2.05, 4.69) is 15.3 Å². The van der Waals surface area contributed by atoms with Gasteiger partial charge in [-0.1, -0.05) is 12.8 Å². The monoisotopic (exact) mass is 263 g/mol. The van der Waals surface area contributed by atoms with E-state index in [9.17, 15) is 4.79 Å². The van der Waals surface area contributed by atoms with Crippen LogP contribution in [0.5, 0.6) is 0 Å². The number of nitrogens with one attached hydrogen (secondary N) is 2. The standard InChI is InChI=1S/C14H21N3O2/c18-13-9-12(16-14(17-13)10-5-6-10)15-7-8-19-11-3-1-2-4-11/h9-11H,1-8H2,(H2,15,16,17,18). The van der Waals surface area contributed by atoms with Gasteiger partial charge in [-0.2, -0.15) is 0 Å². The van der Waals surface area contributed by atoms with Crippen LogP contribution < -0.4 is 10.9 Å². The van der Waals surface area contributed by atoms with E-state index in [1.165, 1.54) is 31.7 Å². The normalized spacial score (nSPS) is 19.8. The van der Waals surface area contributed by atoms with E-state index < -0.39 is 0 Å². The van der Waals surface area contributed by atoms with E-state index in [4.69, 9.17) is 4.74 Å². The molecular formula is C14H21N3O2. The first-order chi connectivity index (χ1) is 9.31. The van der Waals surface area contributed by atoms with Crippen LogP contribution in [0.1, 0.15) is 50.3 Å².